The fourth-order valence-corrected chi connectivity index (χ4v) is 0.446. The van der Waals surface area contributed by atoms with E-state index in [0.29, 0.717) is 12.3 Å². The summed E-state index contributed by atoms with van der Waals surface area (Å²) in [5.74, 6) is 0.291. The number of allylic oxidation sites excluding steroid dienone is 1. The molecule has 0 aromatic rings. The normalized spacial score (nSPS) is 12.1. The Labute approximate surface area is 60.3 Å². The molecule has 10 heavy (non-hydrogen) atoms. The van der Waals surface area contributed by atoms with Crippen molar-refractivity contribution in [3.63, 3.8) is 0 Å². The van der Waals surface area contributed by atoms with Crippen molar-refractivity contribution in [2.24, 2.45) is 5.92 Å². The van der Waals surface area contributed by atoms with E-state index in [-0.39, 0.29) is 6.61 Å². The standard InChI is InChI=1S/C7H11O3/c1-3-6(2)4-5-10-7(8)9/h3,6H,1,4-5H2,2H3. The minimum absolute atomic E-state index is 0.190. The molecule has 0 aliphatic rings. The van der Waals surface area contributed by atoms with Gasteiger partial charge in [0.25, 0.3) is 0 Å². The molecule has 0 saturated carbocycles. The number of carbonyl (C=O) groups is 1. The largest absolute Gasteiger partial charge is 0.549 e. The zero-order chi connectivity index (χ0) is 7.98. The van der Waals surface area contributed by atoms with Crippen LogP contribution in [-0.4, -0.2) is 12.8 Å². The number of hydrogen-bond donors (Lipinski definition) is 0. The van der Waals surface area contributed by atoms with Crippen LogP contribution in [0, 0.1) is 5.92 Å². The SMILES string of the molecule is C=CC(C)CCOC([O])=O. The Morgan fingerprint density at radius 2 is 2.40 bits per heavy atom. The minimum Gasteiger partial charge on any atom is -0.432 e. The first-order valence-electron chi connectivity index (χ1n) is 3.13. The highest BCUT2D eigenvalue weighted by atomic mass is 16.7. The molecule has 0 aliphatic heterocycles. The lowest BCUT2D eigenvalue weighted by Crippen LogP contribution is -2.03. The van der Waals surface area contributed by atoms with E-state index in [1.807, 2.05) is 6.92 Å². The average molecular weight is 143 g/mol. The lowest BCUT2D eigenvalue weighted by atomic mass is 10.1. The van der Waals surface area contributed by atoms with E-state index in [9.17, 15) is 9.90 Å². The Morgan fingerprint density at radius 3 is 2.80 bits per heavy atom. The Morgan fingerprint density at radius 1 is 1.80 bits per heavy atom. The van der Waals surface area contributed by atoms with Crippen molar-refractivity contribution in [1.82, 2.24) is 0 Å². The highest BCUT2D eigenvalue weighted by Gasteiger charge is 2.00. The first-order valence-corrected chi connectivity index (χ1v) is 3.13. The van der Waals surface area contributed by atoms with E-state index in [0.717, 1.165) is 0 Å². The average Bonchev–Trinajstić information content (AvgIpc) is 1.87. The van der Waals surface area contributed by atoms with Gasteiger partial charge in [0.15, 0.2) is 0 Å². The van der Waals surface area contributed by atoms with Gasteiger partial charge in [-0.1, -0.05) is 13.0 Å². The maximum Gasteiger partial charge on any atom is 0.549 e. The molecule has 1 radical (unpaired) electrons. The van der Waals surface area contributed by atoms with Crippen LogP contribution < -0.4 is 0 Å². The second-order valence-corrected chi connectivity index (χ2v) is 2.10. The summed E-state index contributed by atoms with van der Waals surface area (Å²) in [7, 11) is 0. The molecule has 0 rings (SSSR count). The van der Waals surface area contributed by atoms with Gasteiger partial charge < -0.3 is 4.74 Å². The number of ether oxygens (including phenoxy) is 1. The summed E-state index contributed by atoms with van der Waals surface area (Å²) in [4.78, 5) is 9.71. The Hall–Kier alpha value is -0.990. The molecular weight excluding hydrogens is 132 g/mol. The van der Waals surface area contributed by atoms with Crippen LogP contribution in [0.5, 0.6) is 0 Å². The molecule has 1 atom stereocenters. The van der Waals surface area contributed by atoms with E-state index in [1.54, 1.807) is 6.08 Å². The first-order chi connectivity index (χ1) is 4.66. The molecule has 3 nitrogen and oxygen atoms in total. The predicted molar refractivity (Wildman–Crippen MR) is 36.0 cm³/mol. The summed E-state index contributed by atoms with van der Waals surface area (Å²) in [6.45, 7) is 5.67. The van der Waals surface area contributed by atoms with E-state index >= 15 is 0 Å². The van der Waals surface area contributed by atoms with Gasteiger partial charge in [0, 0.05) is 0 Å². The Balaban J connectivity index is 3.19. The van der Waals surface area contributed by atoms with Crippen molar-refractivity contribution in [3.05, 3.63) is 12.7 Å². The molecule has 3 heteroatoms. The monoisotopic (exact) mass is 143 g/mol. The van der Waals surface area contributed by atoms with Gasteiger partial charge in [-0.05, 0) is 12.3 Å². The van der Waals surface area contributed by atoms with Gasteiger partial charge in [0.1, 0.15) is 0 Å². The van der Waals surface area contributed by atoms with Gasteiger partial charge in [-0.25, -0.2) is 0 Å². The molecule has 0 aromatic heterocycles. The smallest absolute Gasteiger partial charge is 0.432 e. The summed E-state index contributed by atoms with van der Waals surface area (Å²) >= 11 is 0. The Kier molecular flexibility index (Phi) is 4.37. The predicted octanol–water partition coefficient (Wildman–Crippen LogP) is 1.77. The maximum atomic E-state index is 9.71. The van der Waals surface area contributed by atoms with Crippen LogP contribution in [0.3, 0.4) is 0 Å². The third-order valence-corrected chi connectivity index (χ3v) is 1.20. The van der Waals surface area contributed by atoms with Gasteiger partial charge in [0.2, 0.25) is 0 Å². The van der Waals surface area contributed by atoms with Crippen LogP contribution >= 0.6 is 0 Å². The third-order valence-electron chi connectivity index (χ3n) is 1.20. The van der Waals surface area contributed by atoms with Gasteiger partial charge in [-0.3, -0.25) is 0 Å². The molecule has 0 fully saturated rings. The van der Waals surface area contributed by atoms with Crippen LogP contribution in [0.25, 0.3) is 0 Å². The molecule has 57 valence electrons. The minimum atomic E-state index is -1.46. The fraction of sp³-hybridized carbons (Fsp3) is 0.571. The summed E-state index contributed by atoms with van der Waals surface area (Å²) in [5.41, 5.74) is 0. The summed E-state index contributed by atoms with van der Waals surface area (Å²) in [5, 5.41) is 9.71. The molecule has 0 spiro atoms. The van der Waals surface area contributed by atoms with Gasteiger partial charge in [-0.15, -0.1) is 6.58 Å². The second kappa shape index (κ2) is 4.85. The summed E-state index contributed by atoms with van der Waals surface area (Å²) in [6.07, 6.45) is 0.951. The van der Waals surface area contributed by atoms with Crippen molar-refractivity contribution in [2.45, 2.75) is 13.3 Å². The lowest BCUT2D eigenvalue weighted by molar-refractivity contribution is 0.0652. The molecule has 0 N–H and O–H groups in total. The fourth-order valence-electron chi connectivity index (χ4n) is 0.446. The van der Waals surface area contributed by atoms with E-state index in [1.165, 1.54) is 0 Å². The van der Waals surface area contributed by atoms with Crippen LogP contribution in [0.2, 0.25) is 0 Å². The zero-order valence-electron chi connectivity index (χ0n) is 6.00. The first kappa shape index (κ1) is 9.01. The van der Waals surface area contributed by atoms with Crippen LogP contribution in [0.4, 0.5) is 4.79 Å². The van der Waals surface area contributed by atoms with E-state index < -0.39 is 6.16 Å². The van der Waals surface area contributed by atoms with Crippen LogP contribution in [0.1, 0.15) is 13.3 Å². The van der Waals surface area contributed by atoms with Crippen LogP contribution in [0.15, 0.2) is 12.7 Å². The summed E-state index contributed by atoms with van der Waals surface area (Å²) < 4.78 is 4.17. The van der Waals surface area contributed by atoms with Gasteiger partial charge in [-0.2, -0.15) is 9.90 Å². The number of rotatable bonds is 4. The molecule has 0 aliphatic carbocycles. The topological polar surface area (TPSA) is 46.2 Å². The zero-order valence-corrected chi connectivity index (χ0v) is 6.00. The maximum absolute atomic E-state index is 9.71. The van der Waals surface area contributed by atoms with Crippen molar-refractivity contribution in [3.8, 4) is 0 Å². The molecule has 0 aromatic carbocycles. The highest BCUT2D eigenvalue weighted by molar-refractivity contribution is 5.56. The quantitative estimate of drug-likeness (QED) is 0.444. The molecule has 1 unspecified atom stereocenters. The molecule has 0 amide bonds. The number of hydrogen-bond acceptors (Lipinski definition) is 2. The van der Waals surface area contributed by atoms with Crippen molar-refractivity contribution in [1.29, 1.82) is 0 Å². The van der Waals surface area contributed by atoms with Crippen molar-refractivity contribution in [2.75, 3.05) is 6.61 Å². The molecule has 0 bridgehead atoms. The molecule has 0 heterocycles. The Bertz CT molecular complexity index is 120. The van der Waals surface area contributed by atoms with Crippen LogP contribution in [-0.2, 0) is 9.84 Å². The van der Waals surface area contributed by atoms with E-state index in [2.05, 4.69) is 11.3 Å². The highest BCUT2D eigenvalue weighted by Crippen LogP contribution is 2.01. The second-order valence-electron chi connectivity index (χ2n) is 2.10. The molecule has 0 saturated heterocycles. The summed E-state index contributed by atoms with van der Waals surface area (Å²) in [6, 6.07) is 0. The number of carbonyl (C=O) groups excluding carboxylic acids is 1. The van der Waals surface area contributed by atoms with Crippen molar-refractivity contribution < 1.29 is 14.6 Å². The van der Waals surface area contributed by atoms with Gasteiger partial charge in [0.05, 0.1) is 6.61 Å². The lowest BCUT2D eigenvalue weighted by Gasteiger charge is -2.02. The third kappa shape index (κ3) is 5.15. The molecular formula is C7H11O3. The van der Waals surface area contributed by atoms with Crippen molar-refractivity contribution >= 4 is 6.16 Å². The van der Waals surface area contributed by atoms with E-state index in [4.69, 9.17) is 0 Å². The van der Waals surface area contributed by atoms with Gasteiger partial charge >= 0.3 is 6.16 Å².